The maximum Gasteiger partial charge on any atom is 0.323 e. The lowest BCUT2D eigenvalue weighted by Crippen LogP contribution is -2.37. The minimum Gasteiger partial charge on any atom is -0.392 e. The number of hydrogen-bond acceptors (Lipinski definition) is 5. The van der Waals surface area contributed by atoms with Crippen LogP contribution < -0.4 is 0 Å². The number of aliphatic hydroxyl groups excluding tert-OH is 1. The third-order valence-electron chi connectivity index (χ3n) is 4.11. The molecule has 1 unspecified atom stereocenters. The first-order valence-corrected chi connectivity index (χ1v) is 8.75. The Hall–Kier alpha value is -2.74. The molecule has 2 rings (SSSR count). The van der Waals surface area contributed by atoms with E-state index in [1.165, 1.54) is 16.6 Å². The van der Waals surface area contributed by atoms with Crippen molar-refractivity contribution in [1.82, 2.24) is 14.7 Å². The van der Waals surface area contributed by atoms with E-state index in [0.29, 0.717) is 0 Å². The lowest BCUT2D eigenvalue weighted by molar-refractivity contribution is -0.386. The van der Waals surface area contributed by atoms with Crippen molar-refractivity contribution in [1.29, 1.82) is 0 Å². The summed E-state index contributed by atoms with van der Waals surface area (Å²) in [4.78, 5) is 25.8. The minimum absolute atomic E-state index is 0.0565. The number of aromatic nitrogens is 2. The second kappa shape index (κ2) is 7.87. The molecule has 1 heterocycles. The van der Waals surface area contributed by atoms with E-state index in [0.717, 1.165) is 5.56 Å². The average molecular weight is 374 g/mol. The summed E-state index contributed by atoms with van der Waals surface area (Å²) in [6, 6.07) is 9.29. The molecule has 8 heteroatoms. The first-order valence-electron chi connectivity index (χ1n) is 8.75. The van der Waals surface area contributed by atoms with Gasteiger partial charge in [0, 0.05) is 25.6 Å². The Labute approximate surface area is 158 Å². The van der Waals surface area contributed by atoms with E-state index in [4.69, 9.17) is 0 Å². The van der Waals surface area contributed by atoms with Crippen LogP contribution in [0.2, 0.25) is 0 Å². The number of aliphatic hydroxyl groups is 1. The van der Waals surface area contributed by atoms with Crippen molar-refractivity contribution < 1.29 is 14.8 Å². The molecule has 27 heavy (non-hydrogen) atoms. The highest BCUT2D eigenvalue weighted by Crippen LogP contribution is 2.33. The van der Waals surface area contributed by atoms with Gasteiger partial charge in [0.25, 0.3) is 5.91 Å². The summed E-state index contributed by atoms with van der Waals surface area (Å²) >= 11 is 0. The number of carbonyl (C=O) groups is 1. The van der Waals surface area contributed by atoms with Crippen molar-refractivity contribution in [2.75, 3.05) is 6.54 Å². The summed E-state index contributed by atoms with van der Waals surface area (Å²) in [6.07, 6.45) is -0.771. The van der Waals surface area contributed by atoms with E-state index in [1.54, 1.807) is 6.92 Å². The summed E-state index contributed by atoms with van der Waals surface area (Å²) in [5.74, 6) is -0.531. The first kappa shape index (κ1) is 20.6. The van der Waals surface area contributed by atoms with Crippen LogP contribution in [0, 0.1) is 10.1 Å². The zero-order valence-corrected chi connectivity index (χ0v) is 16.3. The normalized spacial score (nSPS) is 12.7. The molecule has 146 valence electrons. The lowest BCUT2D eigenvalue weighted by atomic mass is 9.91. The third kappa shape index (κ3) is 4.71. The number of hydrogen-bond donors (Lipinski definition) is 1. The van der Waals surface area contributed by atoms with Gasteiger partial charge >= 0.3 is 5.69 Å². The monoisotopic (exact) mass is 374 g/mol. The van der Waals surface area contributed by atoms with Crippen LogP contribution in [0.5, 0.6) is 0 Å². The van der Waals surface area contributed by atoms with Crippen LogP contribution in [0.1, 0.15) is 49.4 Å². The molecule has 1 aromatic carbocycles. The fourth-order valence-corrected chi connectivity index (χ4v) is 2.92. The summed E-state index contributed by atoms with van der Waals surface area (Å²) in [7, 11) is 1.53. The quantitative estimate of drug-likeness (QED) is 0.619. The Morgan fingerprint density at radius 3 is 2.41 bits per heavy atom. The summed E-state index contributed by atoms with van der Waals surface area (Å²) in [6.45, 7) is 7.30. The number of amides is 1. The molecule has 0 spiro atoms. The summed E-state index contributed by atoms with van der Waals surface area (Å²) < 4.78 is 1.26. The van der Waals surface area contributed by atoms with Crippen molar-refractivity contribution in [2.24, 2.45) is 7.05 Å². The van der Waals surface area contributed by atoms with Gasteiger partial charge in [-0.1, -0.05) is 51.1 Å². The van der Waals surface area contributed by atoms with E-state index in [2.05, 4.69) is 5.10 Å². The molecule has 0 radical (unpaired) electrons. The molecule has 0 saturated carbocycles. The van der Waals surface area contributed by atoms with Crippen molar-refractivity contribution in [3.8, 4) is 0 Å². The molecule has 0 aliphatic carbocycles. The molecule has 0 bridgehead atoms. The summed E-state index contributed by atoms with van der Waals surface area (Å²) in [5, 5.41) is 25.8. The van der Waals surface area contributed by atoms with E-state index < -0.39 is 22.3 Å². The average Bonchev–Trinajstić information content (AvgIpc) is 2.92. The number of nitrogens with zero attached hydrogens (tertiary/aromatic N) is 4. The van der Waals surface area contributed by atoms with Gasteiger partial charge in [0.15, 0.2) is 0 Å². The van der Waals surface area contributed by atoms with Crippen molar-refractivity contribution in [3.05, 3.63) is 57.4 Å². The highest BCUT2D eigenvalue weighted by molar-refractivity contribution is 5.97. The van der Waals surface area contributed by atoms with Gasteiger partial charge in [0.1, 0.15) is 5.69 Å². The minimum atomic E-state index is -0.771. The van der Waals surface area contributed by atoms with Gasteiger partial charge in [0.2, 0.25) is 5.69 Å². The van der Waals surface area contributed by atoms with Gasteiger partial charge in [0.05, 0.1) is 11.0 Å². The predicted octanol–water partition coefficient (Wildman–Crippen LogP) is 2.65. The fourth-order valence-electron chi connectivity index (χ4n) is 2.92. The van der Waals surface area contributed by atoms with Gasteiger partial charge in [-0.2, -0.15) is 5.10 Å². The molecule has 1 aromatic heterocycles. The molecule has 8 nitrogen and oxygen atoms in total. The molecule has 0 aliphatic heterocycles. The molecule has 1 atom stereocenters. The highest BCUT2D eigenvalue weighted by atomic mass is 16.6. The van der Waals surface area contributed by atoms with Crippen LogP contribution in [0.3, 0.4) is 0 Å². The Kier molecular flexibility index (Phi) is 6.00. The van der Waals surface area contributed by atoms with E-state index >= 15 is 0 Å². The van der Waals surface area contributed by atoms with Crippen LogP contribution in [0.25, 0.3) is 0 Å². The second-order valence-corrected chi connectivity index (χ2v) is 7.70. The topological polar surface area (TPSA) is 102 Å². The molecule has 1 N–H and O–H groups in total. The number of carbonyl (C=O) groups excluding carboxylic acids is 1. The van der Waals surface area contributed by atoms with Gasteiger partial charge < -0.3 is 10.0 Å². The lowest BCUT2D eigenvalue weighted by Gasteiger charge is -2.24. The van der Waals surface area contributed by atoms with Crippen LogP contribution in [0.4, 0.5) is 5.69 Å². The van der Waals surface area contributed by atoms with Gasteiger partial charge in [-0.15, -0.1) is 0 Å². The molecular formula is C19H26N4O4. The van der Waals surface area contributed by atoms with Crippen LogP contribution in [-0.2, 0) is 19.0 Å². The second-order valence-electron chi connectivity index (χ2n) is 7.70. The maximum atomic E-state index is 13.2. The molecule has 0 saturated heterocycles. The third-order valence-corrected chi connectivity index (χ3v) is 4.11. The zero-order valence-electron chi connectivity index (χ0n) is 16.3. The molecular weight excluding hydrogens is 348 g/mol. The molecule has 2 aromatic rings. The Bertz CT molecular complexity index is 822. The summed E-state index contributed by atoms with van der Waals surface area (Å²) in [5.41, 5.74) is 0.176. The highest BCUT2D eigenvalue weighted by Gasteiger charge is 2.38. The van der Waals surface area contributed by atoms with Crippen molar-refractivity contribution in [2.45, 2.75) is 45.8 Å². The maximum absolute atomic E-state index is 13.2. The Morgan fingerprint density at radius 1 is 1.33 bits per heavy atom. The number of rotatable bonds is 6. The first-order chi connectivity index (χ1) is 12.5. The van der Waals surface area contributed by atoms with Crippen LogP contribution in [-0.4, -0.2) is 43.3 Å². The fraction of sp³-hybridized carbons (Fsp3) is 0.474. The van der Waals surface area contributed by atoms with Crippen LogP contribution >= 0.6 is 0 Å². The van der Waals surface area contributed by atoms with Crippen molar-refractivity contribution in [3.63, 3.8) is 0 Å². The number of aryl methyl sites for hydroxylation is 1. The van der Waals surface area contributed by atoms with Crippen LogP contribution in [0.15, 0.2) is 30.3 Å². The standard InChI is InChI=1S/C19H26N4O4/c1-13(24)11-22(12-14-9-7-6-8-10-14)18(25)16-15(23(26)27)17(19(2,3)4)20-21(16)5/h6-10,13,24H,11-12H2,1-5H3. The Morgan fingerprint density at radius 2 is 1.93 bits per heavy atom. The van der Waals surface area contributed by atoms with E-state index in [1.807, 2.05) is 51.1 Å². The predicted molar refractivity (Wildman–Crippen MR) is 101 cm³/mol. The Balaban J connectivity index is 2.51. The number of benzene rings is 1. The van der Waals surface area contributed by atoms with Crippen molar-refractivity contribution >= 4 is 11.6 Å². The zero-order chi connectivity index (χ0) is 20.4. The smallest absolute Gasteiger partial charge is 0.323 e. The molecule has 1 amide bonds. The van der Waals surface area contributed by atoms with Gasteiger partial charge in [-0.05, 0) is 12.5 Å². The number of nitro groups is 1. The van der Waals surface area contributed by atoms with E-state index in [9.17, 15) is 20.0 Å². The molecule has 0 fully saturated rings. The van der Waals surface area contributed by atoms with Gasteiger partial charge in [-0.3, -0.25) is 19.6 Å². The van der Waals surface area contributed by atoms with Gasteiger partial charge in [-0.25, -0.2) is 0 Å². The molecule has 0 aliphatic rings. The largest absolute Gasteiger partial charge is 0.392 e. The SMILES string of the molecule is CC(O)CN(Cc1ccccc1)C(=O)c1c([N+](=O)[O-])c(C(C)(C)C)nn1C. The van der Waals surface area contributed by atoms with E-state index in [-0.39, 0.29) is 30.2 Å².